The third-order valence-corrected chi connectivity index (χ3v) is 6.15. The van der Waals surface area contributed by atoms with Crippen molar-refractivity contribution in [1.82, 2.24) is 10.2 Å². The molecule has 0 spiro atoms. The first-order valence-electron chi connectivity index (χ1n) is 9.15. The quantitative estimate of drug-likeness (QED) is 0.259. The monoisotopic (exact) mass is 452 g/mol. The number of carbonyl (C=O) groups is 2. The number of anilines is 2. The van der Waals surface area contributed by atoms with Crippen molar-refractivity contribution >= 4 is 56.7 Å². The highest BCUT2D eigenvalue weighted by Crippen LogP contribution is 2.26. The number of nitrogens with one attached hydrogen (secondary N) is 2. The van der Waals surface area contributed by atoms with Gasteiger partial charge in [-0.3, -0.25) is 14.9 Å². The second-order valence-electron chi connectivity index (χ2n) is 6.52. The van der Waals surface area contributed by atoms with Crippen LogP contribution in [0.1, 0.15) is 15.9 Å². The van der Waals surface area contributed by atoms with Crippen LogP contribution in [-0.4, -0.2) is 27.8 Å². The maximum absolute atomic E-state index is 12.5. The lowest BCUT2D eigenvalue weighted by molar-refractivity contribution is -0.113. The number of hydrogen-bond donors (Lipinski definition) is 2. The van der Waals surface area contributed by atoms with Crippen molar-refractivity contribution in [3.05, 3.63) is 76.1 Å². The van der Waals surface area contributed by atoms with Gasteiger partial charge in [-0.05, 0) is 31.2 Å². The van der Waals surface area contributed by atoms with Gasteiger partial charge in [0.1, 0.15) is 11.1 Å². The van der Waals surface area contributed by atoms with E-state index in [1.54, 1.807) is 24.3 Å². The SMILES string of the molecule is Cc1ccc(NC(=O)CSc2nnc(NC(=O)c3cc4ccccc4oc3=O)s2)cc1. The van der Waals surface area contributed by atoms with E-state index in [0.29, 0.717) is 15.3 Å². The molecular formula is C21H16N4O4S2. The maximum Gasteiger partial charge on any atom is 0.349 e. The van der Waals surface area contributed by atoms with Gasteiger partial charge in [0.2, 0.25) is 11.0 Å². The van der Waals surface area contributed by atoms with Crippen LogP contribution < -0.4 is 16.3 Å². The lowest BCUT2D eigenvalue weighted by Crippen LogP contribution is -2.20. The fourth-order valence-corrected chi connectivity index (χ4v) is 4.21. The van der Waals surface area contributed by atoms with Crippen molar-refractivity contribution in [3.8, 4) is 0 Å². The second kappa shape index (κ2) is 9.11. The molecule has 0 aliphatic carbocycles. The van der Waals surface area contributed by atoms with E-state index in [1.807, 2.05) is 31.2 Å². The average molecular weight is 453 g/mol. The molecule has 0 fully saturated rings. The summed E-state index contributed by atoms with van der Waals surface area (Å²) in [5.41, 5.74) is 1.37. The van der Waals surface area contributed by atoms with Crippen LogP contribution in [0, 0.1) is 6.92 Å². The van der Waals surface area contributed by atoms with Gasteiger partial charge in [0.15, 0.2) is 4.34 Å². The molecule has 0 saturated heterocycles. The summed E-state index contributed by atoms with van der Waals surface area (Å²) >= 11 is 2.31. The molecule has 4 aromatic rings. The van der Waals surface area contributed by atoms with Crippen LogP contribution in [-0.2, 0) is 4.79 Å². The highest BCUT2D eigenvalue weighted by molar-refractivity contribution is 8.01. The number of aryl methyl sites for hydroxylation is 1. The number of aromatic nitrogens is 2. The zero-order chi connectivity index (χ0) is 21.8. The van der Waals surface area contributed by atoms with E-state index in [4.69, 9.17) is 4.42 Å². The minimum atomic E-state index is -0.733. The minimum Gasteiger partial charge on any atom is -0.422 e. The Bertz CT molecular complexity index is 1310. The Morgan fingerprint density at radius 2 is 1.84 bits per heavy atom. The molecule has 2 amide bonds. The van der Waals surface area contributed by atoms with Crippen LogP contribution in [0.2, 0.25) is 0 Å². The first-order chi connectivity index (χ1) is 15.0. The smallest absolute Gasteiger partial charge is 0.349 e. The largest absolute Gasteiger partial charge is 0.422 e. The third-order valence-electron chi connectivity index (χ3n) is 4.18. The van der Waals surface area contributed by atoms with Gasteiger partial charge in [0.05, 0.1) is 5.75 Å². The van der Waals surface area contributed by atoms with Crippen molar-refractivity contribution in [2.45, 2.75) is 11.3 Å². The van der Waals surface area contributed by atoms with E-state index in [9.17, 15) is 14.4 Å². The Morgan fingerprint density at radius 3 is 2.65 bits per heavy atom. The van der Waals surface area contributed by atoms with Crippen molar-refractivity contribution < 1.29 is 14.0 Å². The summed E-state index contributed by atoms with van der Waals surface area (Å²) in [5.74, 6) is -0.669. The van der Waals surface area contributed by atoms with Gasteiger partial charge in [-0.1, -0.05) is 59.0 Å². The van der Waals surface area contributed by atoms with Crippen molar-refractivity contribution in [2.75, 3.05) is 16.4 Å². The Balaban J connectivity index is 1.36. The third kappa shape index (κ3) is 5.16. The molecule has 0 radical (unpaired) electrons. The second-order valence-corrected chi connectivity index (χ2v) is 8.72. The lowest BCUT2D eigenvalue weighted by Gasteiger charge is -2.04. The normalized spacial score (nSPS) is 10.7. The number of thioether (sulfide) groups is 1. The van der Waals surface area contributed by atoms with Gasteiger partial charge in [-0.25, -0.2) is 4.79 Å². The Hall–Kier alpha value is -3.50. The first kappa shape index (κ1) is 20.8. The predicted octanol–water partition coefficient (Wildman–Crippen LogP) is 3.94. The molecule has 10 heteroatoms. The zero-order valence-corrected chi connectivity index (χ0v) is 17.9. The van der Waals surface area contributed by atoms with Crippen LogP contribution in [0.5, 0.6) is 0 Å². The van der Waals surface area contributed by atoms with Crippen LogP contribution in [0.3, 0.4) is 0 Å². The molecule has 8 nitrogen and oxygen atoms in total. The number of rotatable bonds is 6. The predicted molar refractivity (Wildman–Crippen MR) is 121 cm³/mol. The molecule has 0 aliphatic rings. The van der Waals surface area contributed by atoms with Gasteiger partial charge in [0, 0.05) is 11.1 Å². The highest BCUT2D eigenvalue weighted by Gasteiger charge is 2.16. The van der Waals surface area contributed by atoms with Gasteiger partial charge < -0.3 is 9.73 Å². The number of amides is 2. The Labute approximate surface area is 184 Å². The van der Waals surface area contributed by atoms with E-state index in [-0.39, 0.29) is 22.4 Å². The van der Waals surface area contributed by atoms with Crippen LogP contribution in [0.15, 0.2) is 68.1 Å². The van der Waals surface area contributed by atoms with Gasteiger partial charge >= 0.3 is 5.63 Å². The highest BCUT2D eigenvalue weighted by atomic mass is 32.2. The topological polar surface area (TPSA) is 114 Å². The average Bonchev–Trinajstić information content (AvgIpc) is 3.20. The van der Waals surface area contributed by atoms with E-state index in [2.05, 4.69) is 20.8 Å². The molecule has 4 rings (SSSR count). The van der Waals surface area contributed by atoms with Crippen LogP contribution in [0.25, 0.3) is 11.0 Å². The molecule has 0 saturated carbocycles. The summed E-state index contributed by atoms with van der Waals surface area (Å²) in [6.45, 7) is 1.97. The summed E-state index contributed by atoms with van der Waals surface area (Å²) < 4.78 is 5.69. The number of benzene rings is 2. The molecule has 2 N–H and O–H groups in total. The number of para-hydroxylation sites is 1. The number of carbonyl (C=O) groups excluding carboxylic acids is 2. The first-order valence-corrected chi connectivity index (χ1v) is 11.0. The molecule has 0 bridgehead atoms. The van der Waals surface area contributed by atoms with E-state index in [0.717, 1.165) is 22.6 Å². The fourth-order valence-electron chi connectivity index (χ4n) is 2.66. The summed E-state index contributed by atoms with van der Waals surface area (Å²) in [5, 5.41) is 14.1. The maximum atomic E-state index is 12.5. The molecule has 0 atom stereocenters. The van der Waals surface area contributed by atoms with Crippen LogP contribution in [0.4, 0.5) is 10.8 Å². The Kier molecular flexibility index (Phi) is 6.10. The molecular weight excluding hydrogens is 436 g/mol. The molecule has 2 aromatic carbocycles. The number of fused-ring (bicyclic) bond motifs is 1. The van der Waals surface area contributed by atoms with E-state index in [1.165, 1.54) is 17.8 Å². The molecule has 2 aromatic heterocycles. The van der Waals surface area contributed by atoms with Gasteiger partial charge in [0.25, 0.3) is 5.91 Å². The molecule has 0 aliphatic heterocycles. The number of nitrogens with zero attached hydrogens (tertiary/aromatic N) is 2. The number of hydrogen-bond acceptors (Lipinski definition) is 8. The zero-order valence-electron chi connectivity index (χ0n) is 16.2. The molecule has 156 valence electrons. The molecule has 0 unspecified atom stereocenters. The lowest BCUT2D eigenvalue weighted by atomic mass is 10.2. The van der Waals surface area contributed by atoms with Gasteiger partial charge in [-0.15, -0.1) is 10.2 Å². The van der Waals surface area contributed by atoms with Crippen LogP contribution >= 0.6 is 23.1 Å². The summed E-state index contributed by atoms with van der Waals surface area (Å²) in [7, 11) is 0. The fraction of sp³-hybridized carbons (Fsp3) is 0.0952. The van der Waals surface area contributed by atoms with Crippen molar-refractivity contribution in [2.24, 2.45) is 0 Å². The van der Waals surface area contributed by atoms with Gasteiger partial charge in [-0.2, -0.15) is 0 Å². The van der Waals surface area contributed by atoms with Crippen molar-refractivity contribution in [3.63, 3.8) is 0 Å². The minimum absolute atomic E-state index is 0.124. The standard InChI is InChI=1S/C21H16N4O4S2/c1-12-6-8-14(9-7-12)22-17(26)11-30-21-25-24-20(31-21)23-18(27)15-10-13-4-2-3-5-16(13)29-19(15)28/h2-10H,11H2,1H3,(H,22,26)(H,23,24,27). The van der Waals surface area contributed by atoms with Crippen molar-refractivity contribution in [1.29, 1.82) is 0 Å². The summed E-state index contributed by atoms with van der Waals surface area (Å²) in [6, 6.07) is 15.9. The Morgan fingerprint density at radius 1 is 1.06 bits per heavy atom. The molecule has 31 heavy (non-hydrogen) atoms. The summed E-state index contributed by atoms with van der Waals surface area (Å²) in [6.07, 6.45) is 0. The summed E-state index contributed by atoms with van der Waals surface area (Å²) in [4.78, 5) is 36.7. The van der Waals surface area contributed by atoms with E-state index >= 15 is 0 Å². The van der Waals surface area contributed by atoms with E-state index < -0.39 is 11.5 Å². The molecule has 2 heterocycles.